The van der Waals surface area contributed by atoms with Gasteiger partial charge in [-0.3, -0.25) is 0 Å². The summed E-state index contributed by atoms with van der Waals surface area (Å²) in [7, 11) is 1.69. The minimum atomic E-state index is 0.390. The van der Waals surface area contributed by atoms with Gasteiger partial charge in [-0.05, 0) is 49.4 Å². The maximum absolute atomic E-state index is 5.91. The molecule has 0 bridgehead atoms. The molecule has 1 aromatic rings. The third-order valence-corrected chi connectivity index (χ3v) is 3.96. The second-order valence-corrected chi connectivity index (χ2v) is 5.38. The van der Waals surface area contributed by atoms with Crippen molar-refractivity contribution in [2.75, 3.05) is 7.11 Å². The van der Waals surface area contributed by atoms with Crippen LogP contribution in [0.15, 0.2) is 28.2 Å². The lowest BCUT2D eigenvalue weighted by molar-refractivity contribution is 0.414. The van der Waals surface area contributed by atoms with Crippen molar-refractivity contribution in [3.8, 4) is 5.75 Å². The lowest BCUT2D eigenvalue weighted by Gasteiger charge is -2.20. The molecule has 0 amide bonds. The molecule has 1 fully saturated rings. The predicted molar refractivity (Wildman–Crippen MR) is 75.1 cm³/mol. The van der Waals surface area contributed by atoms with Gasteiger partial charge < -0.3 is 10.5 Å². The molecule has 1 aromatic carbocycles. The zero-order chi connectivity index (χ0) is 12.3. The predicted octanol–water partition coefficient (Wildman–Crippen LogP) is 3.74. The average Bonchev–Trinajstić information content (AvgIpc) is 2.35. The molecule has 0 aromatic heterocycles. The van der Waals surface area contributed by atoms with Crippen LogP contribution in [0.25, 0.3) is 6.08 Å². The second-order valence-electron chi connectivity index (χ2n) is 4.53. The maximum Gasteiger partial charge on any atom is 0.119 e. The van der Waals surface area contributed by atoms with Gasteiger partial charge in [0.1, 0.15) is 5.75 Å². The molecule has 0 aliphatic heterocycles. The highest BCUT2D eigenvalue weighted by molar-refractivity contribution is 9.10. The standard InChI is InChI=1S/C14H18BrNO/c1-17-13-6-7-14(15)11(9-13)8-10-2-4-12(16)5-3-10/h6-9,12H,2-5,16H2,1H3. The molecule has 0 atom stereocenters. The molecule has 92 valence electrons. The van der Waals surface area contributed by atoms with Gasteiger partial charge in [-0.2, -0.15) is 0 Å². The van der Waals surface area contributed by atoms with Crippen LogP contribution in [-0.2, 0) is 0 Å². The summed E-state index contributed by atoms with van der Waals surface area (Å²) in [4.78, 5) is 0. The maximum atomic E-state index is 5.91. The quantitative estimate of drug-likeness (QED) is 0.902. The molecule has 1 aliphatic carbocycles. The summed E-state index contributed by atoms with van der Waals surface area (Å²) in [6, 6.07) is 6.44. The molecular weight excluding hydrogens is 278 g/mol. The van der Waals surface area contributed by atoms with Crippen molar-refractivity contribution in [1.82, 2.24) is 0 Å². The molecule has 0 heterocycles. The van der Waals surface area contributed by atoms with Crippen molar-refractivity contribution in [1.29, 1.82) is 0 Å². The number of allylic oxidation sites excluding steroid dienone is 1. The number of hydrogen-bond donors (Lipinski definition) is 1. The van der Waals surface area contributed by atoms with Gasteiger partial charge in [0.15, 0.2) is 0 Å². The Balaban J connectivity index is 2.19. The van der Waals surface area contributed by atoms with Crippen molar-refractivity contribution < 1.29 is 4.74 Å². The van der Waals surface area contributed by atoms with Crippen molar-refractivity contribution in [2.24, 2.45) is 5.73 Å². The number of nitrogens with two attached hydrogens (primary N) is 1. The number of methoxy groups -OCH3 is 1. The normalized spacial score (nSPS) is 20.2. The molecule has 2 N–H and O–H groups in total. The van der Waals surface area contributed by atoms with Gasteiger partial charge >= 0.3 is 0 Å². The largest absolute Gasteiger partial charge is 0.497 e. The summed E-state index contributed by atoms with van der Waals surface area (Å²) >= 11 is 3.57. The highest BCUT2D eigenvalue weighted by atomic mass is 79.9. The molecule has 1 saturated carbocycles. The molecular formula is C14H18BrNO. The van der Waals surface area contributed by atoms with Crippen molar-refractivity contribution in [3.63, 3.8) is 0 Å². The molecule has 2 rings (SSSR count). The SMILES string of the molecule is COc1ccc(Br)c(C=C2CCC(N)CC2)c1. The van der Waals surface area contributed by atoms with Crippen LogP contribution in [0.1, 0.15) is 31.2 Å². The monoisotopic (exact) mass is 295 g/mol. The third-order valence-electron chi connectivity index (χ3n) is 3.24. The fourth-order valence-corrected chi connectivity index (χ4v) is 2.50. The van der Waals surface area contributed by atoms with E-state index in [1.165, 1.54) is 11.1 Å². The Bertz CT molecular complexity index is 418. The first-order chi connectivity index (χ1) is 8.19. The van der Waals surface area contributed by atoms with E-state index in [-0.39, 0.29) is 0 Å². The summed E-state index contributed by atoms with van der Waals surface area (Å²) in [6.07, 6.45) is 6.70. The molecule has 0 spiro atoms. The van der Waals surface area contributed by atoms with E-state index in [4.69, 9.17) is 10.5 Å². The fourth-order valence-electron chi connectivity index (χ4n) is 2.13. The van der Waals surface area contributed by atoms with Gasteiger partial charge in [0.2, 0.25) is 0 Å². The lowest BCUT2D eigenvalue weighted by Crippen LogP contribution is -2.23. The van der Waals surface area contributed by atoms with Gasteiger partial charge in [-0.15, -0.1) is 0 Å². The highest BCUT2D eigenvalue weighted by Gasteiger charge is 2.12. The third kappa shape index (κ3) is 3.33. The first-order valence-corrected chi connectivity index (χ1v) is 6.77. The Labute approximate surface area is 111 Å². The van der Waals surface area contributed by atoms with Crippen LogP contribution in [0, 0.1) is 0 Å². The minimum Gasteiger partial charge on any atom is -0.497 e. The van der Waals surface area contributed by atoms with E-state index < -0.39 is 0 Å². The highest BCUT2D eigenvalue weighted by Crippen LogP contribution is 2.29. The Kier molecular flexibility index (Phi) is 4.24. The number of rotatable bonds is 2. The summed E-state index contributed by atoms with van der Waals surface area (Å²) in [5.74, 6) is 0.896. The van der Waals surface area contributed by atoms with E-state index in [9.17, 15) is 0 Å². The first-order valence-electron chi connectivity index (χ1n) is 5.97. The van der Waals surface area contributed by atoms with Crippen LogP contribution in [0.4, 0.5) is 0 Å². The van der Waals surface area contributed by atoms with Gasteiger partial charge in [0.05, 0.1) is 7.11 Å². The Morgan fingerprint density at radius 1 is 1.35 bits per heavy atom. The summed E-state index contributed by atoms with van der Waals surface area (Å²) in [6.45, 7) is 0. The van der Waals surface area contributed by atoms with Crippen molar-refractivity contribution >= 4 is 22.0 Å². The van der Waals surface area contributed by atoms with Crippen molar-refractivity contribution in [3.05, 3.63) is 33.8 Å². The van der Waals surface area contributed by atoms with Gasteiger partial charge in [-0.25, -0.2) is 0 Å². The van der Waals surface area contributed by atoms with Gasteiger partial charge in [0, 0.05) is 10.5 Å². The van der Waals surface area contributed by atoms with Crippen LogP contribution in [0.3, 0.4) is 0 Å². The zero-order valence-corrected chi connectivity index (χ0v) is 11.7. The molecule has 17 heavy (non-hydrogen) atoms. The van der Waals surface area contributed by atoms with E-state index in [0.29, 0.717) is 6.04 Å². The lowest BCUT2D eigenvalue weighted by atomic mass is 9.90. The fraction of sp³-hybridized carbons (Fsp3) is 0.429. The van der Waals surface area contributed by atoms with Crippen LogP contribution >= 0.6 is 15.9 Å². The summed E-state index contributed by atoms with van der Waals surface area (Å²) in [5, 5.41) is 0. The van der Waals surface area contributed by atoms with E-state index in [1.807, 2.05) is 12.1 Å². The molecule has 0 unspecified atom stereocenters. The molecule has 0 radical (unpaired) electrons. The molecule has 0 saturated heterocycles. The number of benzene rings is 1. The Morgan fingerprint density at radius 2 is 2.06 bits per heavy atom. The van der Waals surface area contributed by atoms with Crippen molar-refractivity contribution in [2.45, 2.75) is 31.7 Å². The molecule has 2 nitrogen and oxygen atoms in total. The minimum absolute atomic E-state index is 0.390. The van der Waals surface area contributed by atoms with E-state index in [1.54, 1.807) is 7.11 Å². The van der Waals surface area contributed by atoms with E-state index >= 15 is 0 Å². The topological polar surface area (TPSA) is 35.2 Å². The second kappa shape index (κ2) is 5.69. The summed E-state index contributed by atoms with van der Waals surface area (Å²) < 4.78 is 6.36. The number of hydrogen-bond acceptors (Lipinski definition) is 2. The van der Waals surface area contributed by atoms with Gasteiger partial charge in [0.25, 0.3) is 0 Å². The van der Waals surface area contributed by atoms with Gasteiger partial charge in [-0.1, -0.05) is 27.6 Å². The Hall–Kier alpha value is -0.800. The smallest absolute Gasteiger partial charge is 0.119 e. The van der Waals surface area contributed by atoms with Crippen LogP contribution < -0.4 is 10.5 Å². The van der Waals surface area contributed by atoms with Crippen LogP contribution in [0.2, 0.25) is 0 Å². The molecule has 3 heteroatoms. The zero-order valence-electron chi connectivity index (χ0n) is 10.1. The van der Waals surface area contributed by atoms with Crippen LogP contribution in [-0.4, -0.2) is 13.2 Å². The van der Waals surface area contributed by atoms with E-state index in [0.717, 1.165) is 35.9 Å². The first kappa shape index (κ1) is 12.7. The summed E-state index contributed by atoms with van der Waals surface area (Å²) in [5.41, 5.74) is 8.59. The number of halogens is 1. The van der Waals surface area contributed by atoms with Crippen LogP contribution in [0.5, 0.6) is 5.75 Å². The van der Waals surface area contributed by atoms with E-state index in [2.05, 4.69) is 28.1 Å². The molecule has 1 aliphatic rings. The Morgan fingerprint density at radius 3 is 2.71 bits per heavy atom. The average molecular weight is 296 g/mol. The number of ether oxygens (including phenoxy) is 1.